The van der Waals surface area contributed by atoms with Crippen LogP contribution < -0.4 is 15.4 Å². The molecule has 0 atom stereocenters. The molecule has 28 heavy (non-hydrogen) atoms. The van der Waals surface area contributed by atoms with Gasteiger partial charge in [-0.2, -0.15) is 0 Å². The van der Waals surface area contributed by atoms with Crippen molar-refractivity contribution in [3.05, 3.63) is 57.8 Å². The molecule has 8 heteroatoms. The van der Waals surface area contributed by atoms with E-state index in [2.05, 4.69) is 15.5 Å². The van der Waals surface area contributed by atoms with Gasteiger partial charge in [-0.1, -0.05) is 29.3 Å². The summed E-state index contributed by atoms with van der Waals surface area (Å²) in [7, 11) is 1.53. The van der Waals surface area contributed by atoms with E-state index in [1.807, 2.05) is 0 Å². The number of hydrogen-bond acceptors (Lipinski definition) is 3. The van der Waals surface area contributed by atoms with Gasteiger partial charge in [-0.25, -0.2) is 9.18 Å². The van der Waals surface area contributed by atoms with Crippen LogP contribution in [0.3, 0.4) is 0 Å². The molecule has 2 aromatic carbocycles. The molecule has 1 aliphatic rings. The van der Waals surface area contributed by atoms with Gasteiger partial charge in [-0.15, -0.1) is 0 Å². The fourth-order valence-corrected chi connectivity index (χ4v) is 3.66. The number of ether oxygens (including phenoxy) is 1. The number of nitrogens with zero attached hydrogens (tertiary/aromatic N) is 1. The zero-order valence-corrected chi connectivity index (χ0v) is 17.0. The Balaban J connectivity index is 1.50. The van der Waals surface area contributed by atoms with Gasteiger partial charge in [-0.3, -0.25) is 4.90 Å². The van der Waals surface area contributed by atoms with E-state index in [0.717, 1.165) is 25.9 Å². The van der Waals surface area contributed by atoms with E-state index in [1.165, 1.54) is 13.2 Å². The van der Waals surface area contributed by atoms with Crippen LogP contribution in [0, 0.1) is 5.82 Å². The number of likely N-dealkylation sites (tertiary alicyclic amines) is 1. The minimum Gasteiger partial charge on any atom is -0.495 e. The second kappa shape index (κ2) is 9.45. The number of halogens is 3. The second-order valence-electron chi connectivity index (χ2n) is 6.69. The molecular weight excluding hydrogens is 404 g/mol. The Bertz CT molecular complexity index is 822. The molecule has 1 aliphatic heterocycles. The second-order valence-corrected chi connectivity index (χ2v) is 7.54. The van der Waals surface area contributed by atoms with Crippen LogP contribution in [0.25, 0.3) is 0 Å². The van der Waals surface area contributed by atoms with Crippen LogP contribution in [0.15, 0.2) is 36.4 Å². The minimum absolute atomic E-state index is 0.0394. The Morgan fingerprint density at radius 2 is 2.00 bits per heavy atom. The molecule has 1 saturated heterocycles. The van der Waals surface area contributed by atoms with Crippen LogP contribution in [0.2, 0.25) is 10.0 Å². The molecule has 3 rings (SSSR count). The molecule has 0 saturated carbocycles. The zero-order valence-electron chi connectivity index (χ0n) is 15.5. The van der Waals surface area contributed by atoms with Crippen molar-refractivity contribution in [3.63, 3.8) is 0 Å². The zero-order chi connectivity index (χ0) is 20.1. The molecule has 2 amide bonds. The van der Waals surface area contributed by atoms with Crippen molar-refractivity contribution in [1.29, 1.82) is 0 Å². The summed E-state index contributed by atoms with van der Waals surface area (Å²) in [5, 5.41) is 6.70. The van der Waals surface area contributed by atoms with Crippen molar-refractivity contribution in [3.8, 4) is 5.75 Å². The van der Waals surface area contributed by atoms with Crippen LogP contribution in [0.1, 0.15) is 18.4 Å². The lowest BCUT2D eigenvalue weighted by molar-refractivity contribution is 0.188. The highest BCUT2D eigenvalue weighted by Gasteiger charge is 2.22. The highest BCUT2D eigenvalue weighted by atomic mass is 35.5. The molecule has 0 spiro atoms. The average Bonchev–Trinajstić information content (AvgIpc) is 2.66. The summed E-state index contributed by atoms with van der Waals surface area (Å²) in [6.45, 7) is 1.95. The molecule has 1 heterocycles. The van der Waals surface area contributed by atoms with E-state index in [4.69, 9.17) is 27.9 Å². The predicted octanol–water partition coefficient (Wildman–Crippen LogP) is 4.93. The summed E-state index contributed by atoms with van der Waals surface area (Å²) in [5.74, 6) is 0.249. The van der Waals surface area contributed by atoms with Crippen molar-refractivity contribution < 1.29 is 13.9 Å². The molecule has 0 unspecified atom stereocenters. The third-order valence-corrected chi connectivity index (χ3v) is 5.37. The SMILES string of the molecule is COc1ccc(Cl)cc1NC(=O)NC1CCN(Cc2c(F)cccc2Cl)CC1. The molecule has 150 valence electrons. The molecule has 0 aliphatic carbocycles. The van der Waals surface area contributed by atoms with Crippen molar-refractivity contribution >= 4 is 34.9 Å². The maximum absolute atomic E-state index is 14.0. The highest BCUT2D eigenvalue weighted by molar-refractivity contribution is 6.31. The van der Waals surface area contributed by atoms with Crippen LogP contribution >= 0.6 is 23.2 Å². The fourth-order valence-electron chi connectivity index (χ4n) is 3.26. The molecule has 2 aromatic rings. The fraction of sp³-hybridized carbons (Fsp3) is 0.350. The van der Waals surface area contributed by atoms with Gasteiger partial charge in [0.25, 0.3) is 0 Å². The molecule has 1 fully saturated rings. The van der Waals surface area contributed by atoms with E-state index in [-0.39, 0.29) is 17.9 Å². The number of benzene rings is 2. The topological polar surface area (TPSA) is 53.6 Å². The van der Waals surface area contributed by atoms with Gasteiger partial charge in [0.1, 0.15) is 11.6 Å². The van der Waals surface area contributed by atoms with Gasteiger partial charge in [0.2, 0.25) is 0 Å². The monoisotopic (exact) mass is 425 g/mol. The number of piperidine rings is 1. The van der Waals surface area contributed by atoms with Gasteiger partial charge in [0, 0.05) is 41.3 Å². The first-order chi connectivity index (χ1) is 13.5. The first kappa shape index (κ1) is 20.7. The lowest BCUT2D eigenvalue weighted by atomic mass is 10.0. The number of methoxy groups -OCH3 is 1. The maximum Gasteiger partial charge on any atom is 0.319 e. The normalized spacial score (nSPS) is 15.3. The molecule has 0 aromatic heterocycles. The van der Waals surface area contributed by atoms with Crippen molar-refractivity contribution in [2.45, 2.75) is 25.4 Å². The van der Waals surface area contributed by atoms with Crippen molar-refractivity contribution in [2.24, 2.45) is 0 Å². The highest BCUT2D eigenvalue weighted by Crippen LogP contribution is 2.28. The number of rotatable bonds is 5. The average molecular weight is 426 g/mol. The minimum atomic E-state index is -0.309. The summed E-state index contributed by atoms with van der Waals surface area (Å²) >= 11 is 12.1. The number of nitrogens with one attached hydrogen (secondary N) is 2. The van der Waals surface area contributed by atoms with Crippen LogP contribution in [0.5, 0.6) is 5.75 Å². The van der Waals surface area contributed by atoms with Crippen molar-refractivity contribution in [2.75, 3.05) is 25.5 Å². The van der Waals surface area contributed by atoms with Crippen LogP contribution in [0.4, 0.5) is 14.9 Å². The van der Waals surface area contributed by atoms with Gasteiger partial charge >= 0.3 is 6.03 Å². The quantitative estimate of drug-likeness (QED) is 0.713. The third kappa shape index (κ3) is 5.28. The van der Waals surface area contributed by atoms with Crippen molar-refractivity contribution in [1.82, 2.24) is 10.2 Å². The predicted molar refractivity (Wildman–Crippen MR) is 110 cm³/mol. The summed E-state index contributed by atoms with van der Waals surface area (Å²) in [5.41, 5.74) is 1.03. The number of hydrogen-bond donors (Lipinski definition) is 2. The number of urea groups is 1. The van der Waals surface area contributed by atoms with Gasteiger partial charge < -0.3 is 15.4 Å². The number of amides is 2. The molecular formula is C20H22Cl2FN3O2. The summed E-state index contributed by atoms with van der Waals surface area (Å²) in [6.07, 6.45) is 1.54. The number of carbonyl (C=O) groups excluding carboxylic acids is 1. The van der Waals surface area contributed by atoms with Gasteiger partial charge in [0.05, 0.1) is 12.8 Å². The third-order valence-electron chi connectivity index (χ3n) is 4.78. The Kier molecular flexibility index (Phi) is 6.99. The Labute approximate surface area is 173 Å². The lowest BCUT2D eigenvalue weighted by Crippen LogP contribution is -2.45. The number of carbonyl (C=O) groups is 1. The first-order valence-electron chi connectivity index (χ1n) is 9.02. The standard InChI is InChI=1S/C20H22Cl2FN3O2/c1-28-19-6-5-13(21)11-18(19)25-20(27)24-14-7-9-26(10-8-14)12-15-16(22)3-2-4-17(15)23/h2-6,11,14H,7-10,12H2,1H3,(H2,24,25,27). The Morgan fingerprint density at radius 1 is 1.25 bits per heavy atom. The Hall–Kier alpha value is -2.02. The lowest BCUT2D eigenvalue weighted by Gasteiger charge is -2.32. The van der Waals surface area contributed by atoms with E-state index in [1.54, 1.807) is 30.3 Å². The maximum atomic E-state index is 14.0. The van der Waals surface area contributed by atoms with E-state index >= 15 is 0 Å². The molecule has 0 radical (unpaired) electrons. The molecule has 0 bridgehead atoms. The summed E-state index contributed by atoms with van der Waals surface area (Å²) in [4.78, 5) is 14.5. The summed E-state index contributed by atoms with van der Waals surface area (Å²) in [6, 6.07) is 9.48. The Morgan fingerprint density at radius 3 is 2.68 bits per heavy atom. The van der Waals surface area contributed by atoms with E-state index in [0.29, 0.717) is 33.6 Å². The van der Waals surface area contributed by atoms with Crippen LogP contribution in [-0.4, -0.2) is 37.2 Å². The van der Waals surface area contributed by atoms with Gasteiger partial charge in [-0.05, 0) is 43.2 Å². The molecule has 2 N–H and O–H groups in total. The van der Waals surface area contributed by atoms with Crippen LogP contribution in [-0.2, 0) is 6.54 Å². The summed E-state index contributed by atoms with van der Waals surface area (Å²) < 4.78 is 19.2. The number of anilines is 1. The molecule has 5 nitrogen and oxygen atoms in total. The largest absolute Gasteiger partial charge is 0.495 e. The first-order valence-corrected chi connectivity index (χ1v) is 9.78. The smallest absolute Gasteiger partial charge is 0.319 e. The van der Waals surface area contributed by atoms with E-state index in [9.17, 15) is 9.18 Å². The van der Waals surface area contributed by atoms with E-state index < -0.39 is 0 Å². The van der Waals surface area contributed by atoms with Gasteiger partial charge in [0.15, 0.2) is 0 Å².